The van der Waals surface area contributed by atoms with Crippen molar-refractivity contribution >= 4 is 29.9 Å². The van der Waals surface area contributed by atoms with Crippen molar-refractivity contribution in [2.24, 2.45) is 10.9 Å². The van der Waals surface area contributed by atoms with Gasteiger partial charge < -0.3 is 24.4 Å². The lowest BCUT2D eigenvalue weighted by molar-refractivity contribution is -0.274. The lowest BCUT2D eigenvalue weighted by atomic mass is 10.1. The maximum Gasteiger partial charge on any atom is 0.573 e. The van der Waals surface area contributed by atoms with Crippen LogP contribution in [-0.4, -0.2) is 70.8 Å². The van der Waals surface area contributed by atoms with Crippen molar-refractivity contribution in [3.63, 3.8) is 0 Å². The average Bonchev–Trinajstić information content (AvgIpc) is 3.11. The van der Waals surface area contributed by atoms with E-state index in [4.69, 9.17) is 9.47 Å². The number of guanidine groups is 1. The molecule has 0 amide bonds. The molecule has 0 aliphatic carbocycles. The van der Waals surface area contributed by atoms with Crippen LogP contribution < -0.4 is 10.1 Å². The van der Waals surface area contributed by atoms with E-state index in [1.54, 1.807) is 26.3 Å². The summed E-state index contributed by atoms with van der Waals surface area (Å²) in [5.74, 6) is 1.09. The third kappa shape index (κ3) is 9.85. The zero-order chi connectivity index (χ0) is 20.4. The molecule has 1 aliphatic rings. The van der Waals surface area contributed by atoms with Gasteiger partial charge in [0, 0.05) is 39.7 Å². The van der Waals surface area contributed by atoms with Crippen LogP contribution in [0.3, 0.4) is 0 Å². The van der Waals surface area contributed by atoms with Crippen LogP contribution in [0.2, 0.25) is 0 Å². The summed E-state index contributed by atoms with van der Waals surface area (Å²) < 4.78 is 51.0. The van der Waals surface area contributed by atoms with E-state index in [-0.39, 0.29) is 29.7 Å². The van der Waals surface area contributed by atoms with Crippen molar-refractivity contribution in [1.82, 2.24) is 10.2 Å². The lowest BCUT2D eigenvalue weighted by Crippen LogP contribution is -2.41. The van der Waals surface area contributed by atoms with E-state index in [0.29, 0.717) is 38.7 Å². The van der Waals surface area contributed by atoms with E-state index in [1.165, 1.54) is 12.1 Å². The molecule has 166 valence electrons. The van der Waals surface area contributed by atoms with Crippen molar-refractivity contribution in [1.29, 1.82) is 0 Å². The highest BCUT2D eigenvalue weighted by Crippen LogP contribution is 2.22. The number of likely N-dealkylation sites (tertiary alicyclic amines) is 1. The van der Waals surface area contributed by atoms with Gasteiger partial charge in [-0.05, 0) is 30.5 Å². The van der Waals surface area contributed by atoms with Gasteiger partial charge in [0.05, 0.1) is 19.8 Å². The zero-order valence-corrected chi connectivity index (χ0v) is 19.0. The second kappa shape index (κ2) is 13.1. The molecule has 1 atom stereocenters. The summed E-state index contributed by atoms with van der Waals surface area (Å²) in [4.78, 5) is 6.52. The van der Waals surface area contributed by atoms with Crippen LogP contribution in [0.5, 0.6) is 5.75 Å². The third-order valence-corrected chi connectivity index (χ3v) is 4.44. The largest absolute Gasteiger partial charge is 0.573 e. The molecule has 0 radical (unpaired) electrons. The summed E-state index contributed by atoms with van der Waals surface area (Å²) in [6.07, 6.45) is -2.95. The molecule has 6 nitrogen and oxygen atoms in total. The summed E-state index contributed by atoms with van der Waals surface area (Å²) in [7, 11) is 3.40. The van der Waals surface area contributed by atoms with Crippen LogP contribution in [0.4, 0.5) is 13.2 Å². The van der Waals surface area contributed by atoms with Gasteiger partial charge in [-0.15, -0.1) is 37.1 Å². The molecule has 10 heteroatoms. The van der Waals surface area contributed by atoms with Gasteiger partial charge in [-0.1, -0.05) is 12.1 Å². The Morgan fingerprint density at radius 1 is 1.24 bits per heavy atom. The number of rotatable bonds is 9. The first-order valence-electron chi connectivity index (χ1n) is 9.28. The van der Waals surface area contributed by atoms with Crippen molar-refractivity contribution in [3.05, 3.63) is 29.8 Å². The van der Waals surface area contributed by atoms with Crippen molar-refractivity contribution in [2.75, 3.05) is 53.6 Å². The van der Waals surface area contributed by atoms with Gasteiger partial charge in [0.15, 0.2) is 5.96 Å². The SMILES string of the molecule is CN=C(NCCc1ccc(OC(F)(F)F)cc1)N1CCC(COCCOC)C1.I. The normalized spacial score (nSPS) is 17.2. The molecule has 1 aromatic rings. The average molecular weight is 531 g/mol. The molecular weight excluding hydrogens is 502 g/mol. The minimum atomic E-state index is -4.67. The van der Waals surface area contributed by atoms with Gasteiger partial charge in [0.1, 0.15) is 5.75 Å². The second-order valence-corrected chi connectivity index (χ2v) is 6.58. The van der Waals surface area contributed by atoms with E-state index < -0.39 is 6.36 Å². The molecule has 2 rings (SSSR count). The molecule has 0 spiro atoms. The van der Waals surface area contributed by atoms with E-state index in [2.05, 4.69) is 19.9 Å². The van der Waals surface area contributed by atoms with Gasteiger partial charge in [-0.3, -0.25) is 4.99 Å². The van der Waals surface area contributed by atoms with Gasteiger partial charge in [-0.25, -0.2) is 0 Å². The van der Waals surface area contributed by atoms with E-state index in [1.807, 2.05) is 0 Å². The fraction of sp³-hybridized carbons (Fsp3) is 0.632. The van der Waals surface area contributed by atoms with Gasteiger partial charge in [0.25, 0.3) is 0 Å². The predicted molar refractivity (Wildman–Crippen MR) is 116 cm³/mol. The van der Waals surface area contributed by atoms with Gasteiger partial charge in [0.2, 0.25) is 0 Å². The second-order valence-electron chi connectivity index (χ2n) is 6.58. The quantitative estimate of drug-likeness (QED) is 0.230. The molecule has 1 aliphatic heterocycles. The summed E-state index contributed by atoms with van der Waals surface area (Å²) in [5, 5.41) is 3.31. The third-order valence-electron chi connectivity index (χ3n) is 4.44. The Labute approximate surface area is 186 Å². The summed E-state index contributed by atoms with van der Waals surface area (Å²) in [6, 6.07) is 5.92. The van der Waals surface area contributed by atoms with Gasteiger partial charge >= 0.3 is 6.36 Å². The molecule has 0 aromatic heterocycles. The number of halogens is 4. The Balaban J connectivity index is 0.00000420. The Bertz CT molecular complexity index is 615. The zero-order valence-electron chi connectivity index (χ0n) is 16.7. The number of hydrogen-bond acceptors (Lipinski definition) is 4. The Morgan fingerprint density at radius 2 is 1.97 bits per heavy atom. The first-order chi connectivity index (χ1) is 13.4. The van der Waals surface area contributed by atoms with Crippen molar-refractivity contribution in [2.45, 2.75) is 19.2 Å². The fourth-order valence-electron chi connectivity index (χ4n) is 3.06. The molecule has 0 saturated carbocycles. The lowest BCUT2D eigenvalue weighted by Gasteiger charge is -2.21. The minimum absolute atomic E-state index is 0. The molecule has 29 heavy (non-hydrogen) atoms. The van der Waals surface area contributed by atoms with Gasteiger partial charge in [-0.2, -0.15) is 0 Å². The van der Waals surface area contributed by atoms with Crippen LogP contribution >= 0.6 is 24.0 Å². The minimum Gasteiger partial charge on any atom is -0.406 e. The number of ether oxygens (including phenoxy) is 3. The molecular formula is C19H29F3IN3O3. The molecule has 1 heterocycles. The van der Waals surface area contributed by atoms with Crippen LogP contribution in [0.25, 0.3) is 0 Å². The number of alkyl halides is 3. The number of aliphatic imine (C=N–C) groups is 1. The number of methoxy groups -OCH3 is 1. The molecule has 1 unspecified atom stereocenters. The molecule has 1 saturated heterocycles. The topological polar surface area (TPSA) is 55.3 Å². The summed E-state index contributed by atoms with van der Waals surface area (Å²) in [6.45, 7) is 4.36. The Morgan fingerprint density at radius 3 is 2.59 bits per heavy atom. The highest BCUT2D eigenvalue weighted by Gasteiger charge is 2.31. The first kappa shape index (κ1) is 25.8. The molecule has 0 bridgehead atoms. The molecule has 1 fully saturated rings. The Hall–Kier alpha value is -1.27. The standard InChI is InChI=1S/C19H28F3N3O3.HI/c1-23-18(25-10-8-16(13-25)14-27-12-11-26-2)24-9-7-15-3-5-17(6-4-15)28-19(20,21)22;/h3-6,16H,7-14H2,1-2H3,(H,23,24);1H. The molecule has 1 N–H and O–H groups in total. The van der Waals surface area contributed by atoms with Crippen LogP contribution in [0.1, 0.15) is 12.0 Å². The molecule has 1 aromatic carbocycles. The van der Waals surface area contributed by atoms with E-state index in [9.17, 15) is 13.2 Å². The number of hydrogen-bond donors (Lipinski definition) is 1. The summed E-state index contributed by atoms with van der Waals surface area (Å²) >= 11 is 0. The van der Waals surface area contributed by atoms with Crippen molar-refractivity contribution in [3.8, 4) is 5.75 Å². The van der Waals surface area contributed by atoms with E-state index in [0.717, 1.165) is 31.0 Å². The fourth-order valence-corrected chi connectivity index (χ4v) is 3.06. The number of benzene rings is 1. The van der Waals surface area contributed by atoms with Crippen LogP contribution in [0, 0.1) is 5.92 Å². The predicted octanol–water partition coefficient (Wildman–Crippen LogP) is 3.31. The summed E-state index contributed by atoms with van der Waals surface area (Å²) in [5.41, 5.74) is 0.920. The van der Waals surface area contributed by atoms with E-state index >= 15 is 0 Å². The first-order valence-corrected chi connectivity index (χ1v) is 9.28. The van der Waals surface area contributed by atoms with Crippen LogP contribution in [0.15, 0.2) is 29.3 Å². The highest BCUT2D eigenvalue weighted by molar-refractivity contribution is 14.0. The number of nitrogens with one attached hydrogen (secondary N) is 1. The highest BCUT2D eigenvalue weighted by atomic mass is 127. The van der Waals surface area contributed by atoms with Crippen molar-refractivity contribution < 1.29 is 27.4 Å². The van der Waals surface area contributed by atoms with Crippen LogP contribution in [-0.2, 0) is 15.9 Å². The number of nitrogens with zero attached hydrogens (tertiary/aromatic N) is 2. The maximum atomic E-state index is 12.2. The Kier molecular flexibility index (Phi) is 11.7. The monoisotopic (exact) mass is 531 g/mol. The maximum absolute atomic E-state index is 12.2. The smallest absolute Gasteiger partial charge is 0.406 e.